The van der Waals surface area contributed by atoms with Gasteiger partial charge in [-0.1, -0.05) is 0 Å². The second-order valence-electron chi connectivity index (χ2n) is 5.29. The summed E-state index contributed by atoms with van der Waals surface area (Å²) in [7, 11) is 0. The standard InChI is InChI=1S/C16H11F5N4O/c17-13(18)8-23-14-11-4-3-9(16(19,20)21)6-12(11)25(15(26)24-14)10-2-1-5-22-7-10/h1-7,13H,8H2,(H,23,24,26). The van der Waals surface area contributed by atoms with E-state index < -0.39 is 30.4 Å². The van der Waals surface area contributed by atoms with Gasteiger partial charge in [-0.05, 0) is 30.3 Å². The van der Waals surface area contributed by atoms with Crippen molar-refractivity contribution in [1.29, 1.82) is 0 Å². The minimum absolute atomic E-state index is 0.0992. The van der Waals surface area contributed by atoms with E-state index in [9.17, 15) is 26.7 Å². The Labute approximate surface area is 143 Å². The molecule has 0 saturated heterocycles. The molecule has 0 aliphatic carbocycles. The maximum absolute atomic E-state index is 13.1. The number of aromatic nitrogens is 3. The van der Waals surface area contributed by atoms with Crippen molar-refractivity contribution >= 4 is 16.7 Å². The normalized spacial score (nSPS) is 11.9. The summed E-state index contributed by atoms with van der Waals surface area (Å²) < 4.78 is 65.1. The predicted octanol–water partition coefficient (Wildman–Crippen LogP) is 3.48. The van der Waals surface area contributed by atoms with Crippen molar-refractivity contribution < 1.29 is 22.0 Å². The molecule has 10 heteroatoms. The number of hydrogen-bond acceptors (Lipinski definition) is 4. The molecular formula is C16H11F5N4O. The van der Waals surface area contributed by atoms with Gasteiger partial charge in [0.05, 0.1) is 29.5 Å². The van der Waals surface area contributed by atoms with Crippen LogP contribution in [0.25, 0.3) is 16.6 Å². The van der Waals surface area contributed by atoms with Crippen LogP contribution in [0, 0.1) is 0 Å². The summed E-state index contributed by atoms with van der Waals surface area (Å²) in [6.45, 7) is -0.792. The molecule has 136 valence electrons. The Morgan fingerprint density at radius 2 is 1.96 bits per heavy atom. The summed E-state index contributed by atoms with van der Waals surface area (Å²) >= 11 is 0. The molecule has 0 amide bonds. The fraction of sp³-hybridized carbons (Fsp3) is 0.188. The fourth-order valence-electron chi connectivity index (χ4n) is 2.45. The predicted molar refractivity (Wildman–Crippen MR) is 84.6 cm³/mol. The highest BCUT2D eigenvalue weighted by Gasteiger charge is 2.31. The third-order valence-electron chi connectivity index (χ3n) is 3.55. The number of benzene rings is 1. The van der Waals surface area contributed by atoms with Gasteiger partial charge >= 0.3 is 11.9 Å². The zero-order valence-corrected chi connectivity index (χ0v) is 13.0. The molecule has 0 spiro atoms. The van der Waals surface area contributed by atoms with Crippen LogP contribution in [-0.4, -0.2) is 27.5 Å². The topological polar surface area (TPSA) is 59.8 Å². The Hall–Kier alpha value is -3.04. The summed E-state index contributed by atoms with van der Waals surface area (Å²) in [5, 5.41) is 2.39. The van der Waals surface area contributed by atoms with Crippen molar-refractivity contribution in [2.24, 2.45) is 0 Å². The number of fused-ring (bicyclic) bond motifs is 1. The van der Waals surface area contributed by atoms with Crippen molar-refractivity contribution in [3.8, 4) is 5.69 Å². The van der Waals surface area contributed by atoms with Crippen molar-refractivity contribution in [3.05, 3.63) is 58.8 Å². The Kier molecular flexibility index (Phi) is 4.58. The summed E-state index contributed by atoms with van der Waals surface area (Å²) in [6, 6.07) is 5.64. The summed E-state index contributed by atoms with van der Waals surface area (Å²) in [4.78, 5) is 19.9. The van der Waals surface area contributed by atoms with Gasteiger partial charge in [0.25, 0.3) is 6.43 Å². The molecule has 0 bridgehead atoms. The van der Waals surface area contributed by atoms with Gasteiger partial charge in [-0.3, -0.25) is 9.55 Å². The molecule has 26 heavy (non-hydrogen) atoms. The Bertz CT molecular complexity index is 986. The molecule has 0 unspecified atom stereocenters. The first-order valence-electron chi connectivity index (χ1n) is 7.34. The molecule has 0 atom stereocenters. The maximum atomic E-state index is 13.1. The largest absolute Gasteiger partial charge is 0.416 e. The van der Waals surface area contributed by atoms with Crippen molar-refractivity contribution in [3.63, 3.8) is 0 Å². The second kappa shape index (κ2) is 6.70. The first kappa shape index (κ1) is 17.8. The molecule has 2 heterocycles. The second-order valence-corrected chi connectivity index (χ2v) is 5.29. The van der Waals surface area contributed by atoms with Crippen molar-refractivity contribution in [2.75, 3.05) is 11.9 Å². The zero-order chi connectivity index (χ0) is 18.9. The SMILES string of the molecule is O=c1nc(NCC(F)F)c2ccc(C(F)(F)F)cc2n1-c1cccnc1. The lowest BCUT2D eigenvalue weighted by atomic mass is 10.1. The average molecular weight is 370 g/mol. The van der Waals surface area contributed by atoms with Crippen LogP contribution >= 0.6 is 0 Å². The van der Waals surface area contributed by atoms with E-state index in [-0.39, 0.29) is 22.4 Å². The lowest BCUT2D eigenvalue weighted by molar-refractivity contribution is -0.137. The summed E-state index contributed by atoms with van der Waals surface area (Å²) in [5.74, 6) is -0.209. The van der Waals surface area contributed by atoms with Crippen LogP contribution < -0.4 is 11.0 Å². The van der Waals surface area contributed by atoms with Crippen molar-refractivity contribution in [1.82, 2.24) is 14.5 Å². The minimum atomic E-state index is -4.64. The summed E-state index contributed by atoms with van der Waals surface area (Å²) in [5.41, 5.74) is -1.81. The average Bonchev–Trinajstić information content (AvgIpc) is 2.59. The Balaban J connectivity index is 2.30. The number of nitrogens with one attached hydrogen (secondary N) is 1. The van der Waals surface area contributed by atoms with E-state index in [0.717, 1.165) is 22.8 Å². The third-order valence-corrected chi connectivity index (χ3v) is 3.55. The molecule has 3 rings (SSSR count). The molecule has 3 aromatic rings. The zero-order valence-electron chi connectivity index (χ0n) is 13.0. The molecule has 1 aromatic carbocycles. The number of pyridine rings is 1. The highest BCUT2D eigenvalue weighted by Crippen LogP contribution is 2.33. The molecule has 2 aromatic heterocycles. The van der Waals surface area contributed by atoms with Gasteiger partial charge in [-0.2, -0.15) is 18.2 Å². The quantitative estimate of drug-likeness (QED) is 0.715. The van der Waals surface area contributed by atoms with E-state index in [1.54, 1.807) is 0 Å². The smallest absolute Gasteiger partial charge is 0.364 e. The lowest BCUT2D eigenvalue weighted by Crippen LogP contribution is -2.25. The van der Waals surface area contributed by atoms with Gasteiger partial charge in [0.15, 0.2) is 0 Å². The molecular weight excluding hydrogens is 359 g/mol. The van der Waals surface area contributed by atoms with E-state index >= 15 is 0 Å². The van der Waals surface area contributed by atoms with Crippen LogP contribution in [0.15, 0.2) is 47.5 Å². The van der Waals surface area contributed by atoms with Crippen LogP contribution in [0.1, 0.15) is 5.56 Å². The van der Waals surface area contributed by atoms with E-state index in [1.807, 2.05) is 0 Å². The minimum Gasteiger partial charge on any atom is -0.364 e. The third kappa shape index (κ3) is 3.48. The first-order valence-corrected chi connectivity index (χ1v) is 7.34. The Morgan fingerprint density at radius 1 is 1.19 bits per heavy atom. The fourth-order valence-corrected chi connectivity index (χ4v) is 2.45. The molecule has 0 aliphatic rings. The van der Waals surface area contributed by atoms with Gasteiger partial charge in [0, 0.05) is 11.6 Å². The molecule has 0 fully saturated rings. The number of hydrogen-bond donors (Lipinski definition) is 1. The van der Waals surface area contributed by atoms with Gasteiger partial charge in [0.1, 0.15) is 5.82 Å². The highest BCUT2D eigenvalue weighted by atomic mass is 19.4. The molecule has 5 nitrogen and oxygen atoms in total. The number of alkyl halides is 5. The van der Waals surface area contributed by atoms with Crippen LogP contribution in [0.4, 0.5) is 27.8 Å². The molecule has 1 N–H and O–H groups in total. The molecule has 0 saturated carbocycles. The number of nitrogens with zero attached hydrogens (tertiary/aromatic N) is 3. The van der Waals surface area contributed by atoms with Crippen LogP contribution in [0.2, 0.25) is 0 Å². The van der Waals surface area contributed by atoms with Gasteiger partial charge < -0.3 is 5.32 Å². The maximum Gasteiger partial charge on any atom is 0.416 e. The summed E-state index contributed by atoms with van der Waals surface area (Å²) in [6.07, 6.45) is -4.63. The number of halogens is 5. The first-order chi connectivity index (χ1) is 12.3. The van der Waals surface area contributed by atoms with Crippen LogP contribution in [0.3, 0.4) is 0 Å². The molecule has 0 radical (unpaired) electrons. The number of rotatable bonds is 4. The van der Waals surface area contributed by atoms with Gasteiger partial charge in [0.2, 0.25) is 0 Å². The number of anilines is 1. The van der Waals surface area contributed by atoms with E-state index in [1.165, 1.54) is 24.5 Å². The monoisotopic (exact) mass is 370 g/mol. The van der Waals surface area contributed by atoms with Crippen molar-refractivity contribution in [2.45, 2.75) is 12.6 Å². The van der Waals surface area contributed by atoms with Gasteiger partial charge in [-0.25, -0.2) is 13.6 Å². The Morgan fingerprint density at radius 3 is 2.58 bits per heavy atom. The van der Waals surface area contributed by atoms with Gasteiger partial charge in [-0.15, -0.1) is 0 Å². The van der Waals surface area contributed by atoms with E-state index in [4.69, 9.17) is 0 Å². The van der Waals surface area contributed by atoms with E-state index in [0.29, 0.717) is 0 Å². The molecule has 0 aliphatic heterocycles. The van der Waals surface area contributed by atoms with E-state index in [2.05, 4.69) is 15.3 Å². The van der Waals surface area contributed by atoms with Crippen LogP contribution in [0.5, 0.6) is 0 Å². The highest BCUT2D eigenvalue weighted by molar-refractivity contribution is 5.90. The lowest BCUT2D eigenvalue weighted by Gasteiger charge is -2.15. The van der Waals surface area contributed by atoms with Crippen LogP contribution in [-0.2, 0) is 6.18 Å².